The zero-order valence-corrected chi connectivity index (χ0v) is 21.2. The molecule has 2 aliphatic rings. The number of aromatic amines is 1. The van der Waals surface area contributed by atoms with E-state index in [4.69, 9.17) is 21.1 Å². The van der Waals surface area contributed by atoms with Crippen LogP contribution in [0.5, 0.6) is 5.88 Å². The van der Waals surface area contributed by atoms with Gasteiger partial charge in [0.2, 0.25) is 11.8 Å². The molecule has 2 fully saturated rings. The van der Waals surface area contributed by atoms with E-state index in [1.165, 1.54) is 18.5 Å². The highest BCUT2D eigenvalue weighted by Gasteiger charge is 2.43. The van der Waals surface area contributed by atoms with Crippen LogP contribution in [0.25, 0.3) is 22.2 Å². The number of hydrogen-bond donors (Lipinski definition) is 1. The van der Waals surface area contributed by atoms with Crippen molar-refractivity contribution in [2.24, 2.45) is 11.8 Å². The van der Waals surface area contributed by atoms with Crippen LogP contribution in [-0.4, -0.2) is 72.0 Å². The maximum absolute atomic E-state index is 14.9. The van der Waals surface area contributed by atoms with Crippen molar-refractivity contribution < 1.29 is 22.3 Å². The molecule has 2 aliphatic heterocycles. The quantitative estimate of drug-likeness (QED) is 0.403. The number of rotatable bonds is 5. The first-order valence-corrected chi connectivity index (χ1v) is 13.8. The van der Waals surface area contributed by atoms with Crippen molar-refractivity contribution in [3.8, 4) is 17.0 Å². The minimum absolute atomic E-state index is 0.0483. The average Bonchev–Trinajstić information content (AvgIpc) is 3.29. The third-order valence-corrected chi connectivity index (χ3v) is 8.03. The van der Waals surface area contributed by atoms with Crippen LogP contribution >= 0.6 is 11.6 Å². The highest BCUT2D eigenvalue weighted by atomic mass is 35.5. The third-order valence-electron chi connectivity index (χ3n) is 6.73. The van der Waals surface area contributed by atoms with Crippen LogP contribution < -0.4 is 9.64 Å². The van der Waals surface area contributed by atoms with E-state index in [2.05, 4.69) is 29.8 Å². The Labute approximate surface area is 216 Å². The third kappa shape index (κ3) is 4.49. The molecule has 0 spiro atoms. The van der Waals surface area contributed by atoms with Gasteiger partial charge in [-0.3, -0.25) is 0 Å². The standard InChI is InChI=1S/C24H22ClFN6O4S/c1-37(33,34)16-2-3-17(19(26)4-16)18-7-27-21-20(18)30-12-31-23(21)36-22-13-8-32(9-14(22)11-35-10-13)24-28-5-15(25)6-29-24/h2-7,12-14,22,27H,8-11H2,1H3. The molecular formula is C24H22ClFN6O4S. The highest BCUT2D eigenvalue weighted by molar-refractivity contribution is 7.90. The van der Waals surface area contributed by atoms with Crippen LogP contribution in [0.2, 0.25) is 5.02 Å². The fourth-order valence-corrected chi connectivity index (χ4v) is 5.74. The number of sulfone groups is 1. The summed E-state index contributed by atoms with van der Waals surface area (Å²) in [4.78, 5) is 22.5. The molecule has 0 aliphatic carbocycles. The number of H-pyrrole nitrogens is 1. The number of piperidine rings is 1. The van der Waals surface area contributed by atoms with Crippen molar-refractivity contribution >= 4 is 38.4 Å². The largest absolute Gasteiger partial charge is 0.472 e. The maximum Gasteiger partial charge on any atom is 0.241 e. The Kier molecular flexibility index (Phi) is 5.97. The van der Waals surface area contributed by atoms with Crippen molar-refractivity contribution in [3.05, 3.63) is 54.0 Å². The first kappa shape index (κ1) is 24.0. The summed E-state index contributed by atoms with van der Waals surface area (Å²) in [7, 11) is -3.53. The summed E-state index contributed by atoms with van der Waals surface area (Å²) in [6.45, 7) is 2.33. The van der Waals surface area contributed by atoms with Crippen molar-refractivity contribution in [2.75, 3.05) is 37.5 Å². The van der Waals surface area contributed by atoms with E-state index in [9.17, 15) is 12.8 Å². The molecule has 2 atom stereocenters. The molecule has 4 aromatic rings. The molecular weight excluding hydrogens is 523 g/mol. The summed E-state index contributed by atoms with van der Waals surface area (Å²) in [5.41, 5.74) is 1.72. The summed E-state index contributed by atoms with van der Waals surface area (Å²) in [6, 6.07) is 3.83. The Balaban J connectivity index is 1.28. The van der Waals surface area contributed by atoms with Crippen LogP contribution in [0.15, 0.2) is 48.0 Å². The van der Waals surface area contributed by atoms with Gasteiger partial charge in [0.1, 0.15) is 29.3 Å². The fourth-order valence-electron chi connectivity index (χ4n) is 5.01. The number of benzene rings is 1. The number of anilines is 1. The number of nitrogens with one attached hydrogen (secondary N) is 1. The normalized spacial score (nSPS) is 21.8. The number of ether oxygens (including phenoxy) is 2. The van der Waals surface area contributed by atoms with E-state index >= 15 is 0 Å². The van der Waals surface area contributed by atoms with Crippen LogP contribution in [0.3, 0.4) is 0 Å². The topological polar surface area (TPSA) is 123 Å². The number of aromatic nitrogens is 5. The highest BCUT2D eigenvalue weighted by Crippen LogP contribution is 2.36. The second kappa shape index (κ2) is 9.19. The molecule has 37 heavy (non-hydrogen) atoms. The first-order valence-electron chi connectivity index (χ1n) is 11.6. The minimum atomic E-state index is -3.53. The molecule has 3 aromatic heterocycles. The molecule has 1 aromatic carbocycles. The van der Waals surface area contributed by atoms with Crippen molar-refractivity contribution in [3.63, 3.8) is 0 Å². The molecule has 192 valence electrons. The summed E-state index contributed by atoms with van der Waals surface area (Å²) < 4.78 is 50.8. The van der Waals surface area contributed by atoms with Gasteiger partial charge >= 0.3 is 0 Å². The van der Waals surface area contributed by atoms with Crippen molar-refractivity contribution in [1.82, 2.24) is 24.9 Å². The minimum Gasteiger partial charge on any atom is -0.472 e. The molecule has 13 heteroatoms. The van der Waals surface area contributed by atoms with E-state index in [0.717, 1.165) is 12.3 Å². The monoisotopic (exact) mass is 544 g/mol. The summed E-state index contributed by atoms with van der Waals surface area (Å²) in [5.74, 6) is 0.414. The lowest BCUT2D eigenvalue weighted by atomic mass is 9.84. The molecule has 2 bridgehead atoms. The molecule has 6 rings (SSSR count). The van der Waals surface area contributed by atoms with Crippen LogP contribution in [0.1, 0.15) is 0 Å². The maximum atomic E-state index is 14.9. The van der Waals surface area contributed by atoms with Gasteiger partial charge in [-0.2, -0.15) is 4.98 Å². The Hall–Kier alpha value is -3.35. The average molecular weight is 545 g/mol. The summed E-state index contributed by atoms with van der Waals surface area (Å²) in [5, 5.41) is 0.481. The van der Waals surface area contributed by atoms with E-state index in [1.54, 1.807) is 18.6 Å². The van der Waals surface area contributed by atoms with Gasteiger partial charge < -0.3 is 19.4 Å². The van der Waals surface area contributed by atoms with Gasteiger partial charge in [-0.1, -0.05) is 17.7 Å². The van der Waals surface area contributed by atoms with Crippen molar-refractivity contribution in [2.45, 2.75) is 11.0 Å². The Bertz CT molecular complexity index is 1570. The van der Waals surface area contributed by atoms with E-state index in [-0.39, 0.29) is 28.4 Å². The van der Waals surface area contributed by atoms with Gasteiger partial charge in [-0.25, -0.2) is 27.8 Å². The van der Waals surface area contributed by atoms with Gasteiger partial charge in [-0.15, -0.1) is 0 Å². The van der Waals surface area contributed by atoms with E-state index in [1.807, 2.05) is 0 Å². The number of fused-ring (bicyclic) bond motifs is 3. The van der Waals surface area contributed by atoms with Gasteiger partial charge in [0.25, 0.3) is 0 Å². The second-order valence-electron chi connectivity index (χ2n) is 9.26. The molecule has 0 amide bonds. The Morgan fingerprint density at radius 3 is 2.51 bits per heavy atom. The van der Waals surface area contributed by atoms with Crippen LogP contribution in [-0.2, 0) is 14.6 Å². The van der Waals surface area contributed by atoms with Crippen LogP contribution in [0, 0.1) is 17.7 Å². The van der Waals surface area contributed by atoms with E-state index < -0.39 is 15.7 Å². The second-order valence-corrected chi connectivity index (χ2v) is 11.7. The SMILES string of the molecule is CS(=O)(=O)c1ccc(-c2c[nH]c3c(OC4C5COCC4CN(c4ncc(Cl)cn4)C5)ncnc23)c(F)c1. The van der Waals surface area contributed by atoms with Crippen molar-refractivity contribution in [1.29, 1.82) is 0 Å². The summed E-state index contributed by atoms with van der Waals surface area (Å²) >= 11 is 5.94. The lowest BCUT2D eigenvalue weighted by Gasteiger charge is -2.46. The lowest BCUT2D eigenvalue weighted by Crippen LogP contribution is -2.58. The molecule has 2 unspecified atom stereocenters. The van der Waals surface area contributed by atoms with Crippen LogP contribution in [0.4, 0.5) is 10.3 Å². The lowest BCUT2D eigenvalue weighted by molar-refractivity contribution is -0.0765. The number of nitrogens with zero attached hydrogens (tertiary/aromatic N) is 5. The molecule has 0 radical (unpaired) electrons. The fraction of sp³-hybridized carbons (Fsp3) is 0.333. The zero-order valence-electron chi connectivity index (χ0n) is 19.6. The Morgan fingerprint density at radius 2 is 1.84 bits per heavy atom. The molecule has 2 saturated heterocycles. The number of hydrogen-bond acceptors (Lipinski definition) is 9. The van der Waals surface area contributed by atoms with Gasteiger partial charge in [0.05, 0.1) is 35.5 Å². The Morgan fingerprint density at radius 1 is 1.11 bits per heavy atom. The predicted molar refractivity (Wildman–Crippen MR) is 134 cm³/mol. The molecule has 5 heterocycles. The van der Waals surface area contributed by atoms with Gasteiger partial charge in [0, 0.05) is 48.5 Å². The number of halogens is 2. The van der Waals surface area contributed by atoms with Gasteiger partial charge in [-0.05, 0) is 12.1 Å². The molecule has 10 nitrogen and oxygen atoms in total. The molecule has 1 N–H and O–H groups in total. The smallest absolute Gasteiger partial charge is 0.241 e. The van der Waals surface area contributed by atoms with Gasteiger partial charge in [0.15, 0.2) is 9.84 Å². The molecule has 0 saturated carbocycles. The zero-order chi connectivity index (χ0) is 25.7. The van der Waals surface area contributed by atoms with E-state index in [0.29, 0.717) is 59.8 Å². The first-order chi connectivity index (χ1) is 17.8. The summed E-state index contributed by atoms with van der Waals surface area (Å²) in [6.07, 6.45) is 7.04. The predicted octanol–water partition coefficient (Wildman–Crippen LogP) is 3.14.